The van der Waals surface area contributed by atoms with E-state index in [2.05, 4.69) is 30.6 Å². The topological polar surface area (TPSA) is 72.2 Å². The highest BCUT2D eigenvalue weighted by Crippen LogP contribution is 2.31. The van der Waals surface area contributed by atoms with Gasteiger partial charge in [0.25, 0.3) is 0 Å². The van der Waals surface area contributed by atoms with Gasteiger partial charge in [0.15, 0.2) is 0 Å². The molecule has 0 spiro atoms. The van der Waals surface area contributed by atoms with E-state index in [1.807, 2.05) is 19.9 Å². The molecular weight excluding hydrogens is 320 g/mol. The summed E-state index contributed by atoms with van der Waals surface area (Å²) in [6.45, 7) is 10.2. The first kappa shape index (κ1) is 17.2. The number of aryl methyl sites for hydroxylation is 2. The second-order valence-electron chi connectivity index (χ2n) is 6.32. The van der Waals surface area contributed by atoms with Gasteiger partial charge in [0.05, 0.1) is 5.69 Å². The van der Waals surface area contributed by atoms with Gasteiger partial charge in [0.1, 0.15) is 9.97 Å². The average Bonchev–Trinajstić information content (AvgIpc) is 3.00. The molecular formula is C15H22N2O3S2. The van der Waals surface area contributed by atoms with E-state index in [-0.39, 0.29) is 5.41 Å². The molecule has 5 nitrogen and oxygen atoms in total. The molecule has 2 heterocycles. The number of nitrogens with zero attached hydrogens (tertiary/aromatic N) is 1. The molecule has 0 atom stereocenters. The fraction of sp³-hybridized carbons (Fsp3) is 0.533. The zero-order valence-corrected chi connectivity index (χ0v) is 15.2. The van der Waals surface area contributed by atoms with Gasteiger partial charge in [-0.2, -0.15) is 0 Å². The Balaban J connectivity index is 2.04. The molecule has 22 heavy (non-hydrogen) atoms. The van der Waals surface area contributed by atoms with E-state index in [9.17, 15) is 8.42 Å². The standard InChI is InChI=1S/C15H22N2O3S2/c1-10-12(11(2)20-17-10)8-9-16-22(18,19)14-7-6-13(21-14)15(3,4)5/h6-7,16H,8-9H2,1-5H3. The van der Waals surface area contributed by atoms with Gasteiger partial charge in [-0.1, -0.05) is 25.9 Å². The van der Waals surface area contributed by atoms with Crippen LogP contribution in [0.1, 0.15) is 42.7 Å². The summed E-state index contributed by atoms with van der Waals surface area (Å²) in [5.41, 5.74) is 1.72. The van der Waals surface area contributed by atoms with Crippen molar-refractivity contribution in [1.29, 1.82) is 0 Å². The van der Waals surface area contributed by atoms with Crippen LogP contribution in [0.2, 0.25) is 0 Å². The maximum Gasteiger partial charge on any atom is 0.250 e. The summed E-state index contributed by atoms with van der Waals surface area (Å²) in [4.78, 5) is 1.05. The summed E-state index contributed by atoms with van der Waals surface area (Å²) in [5, 5.41) is 3.87. The summed E-state index contributed by atoms with van der Waals surface area (Å²) in [6, 6.07) is 3.55. The molecule has 2 aromatic rings. The average molecular weight is 342 g/mol. The van der Waals surface area contributed by atoms with Crippen LogP contribution in [0.3, 0.4) is 0 Å². The first-order valence-electron chi connectivity index (χ1n) is 7.13. The van der Waals surface area contributed by atoms with E-state index in [1.54, 1.807) is 6.07 Å². The minimum atomic E-state index is -3.46. The quantitative estimate of drug-likeness (QED) is 0.906. The summed E-state index contributed by atoms with van der Waals surface area (Å²) >= 11 is 1.32. The highest BCUT2D eigenvalue weighted by Gasteiger charge is 2.22. The molecule has 0 bridgehead atoms. The molecule has 7 heteroatoms. The summed E-state index contributed by atoms with van der Waals surface area (Å²) in [7, 11) is -3.46. The molecule has 0 unspecified atom stereocenters. The summed E-state index contributed by atoms with van der Waals surface area (Å²) in [6.07, 6.45) is 0.567. The molecule has 0 aliphatic carbocycles. The second-order valence-corrected chi connectivity index (χ2v) is 9.40. The fourth-order valence-electron chi connectivity index (χ4n) is 2.11. The van der Waals surface area contributed by atoms with Crippen molar-refractivity contribution < 1.29 is 12.9 Å². The molecule has 0 saturated carbocycles. The van der Waals surface area contributed by atoms with Gasteiger partial charge in [-0.25, -0.2) is 13.1 Å². The summed E-state index contributed by atoms with van der Waals surface area (Å²) in [5.74, 6) is 0.739. The van der Waals surface area contributed by atoms with Gasteiger partial charge in [-0.05, 0) is 37.8 Å². The third-order valence-electron chi connectivity index (χ3n) is 3.43. The van der Waals surface area contributed by atoms with Crippen LogP contribution >= 0.6 is 11.3 Å². The Morgan fingerprint density at radius 1 is 1.27 bits per heavy atom. The Hall–Kier alpha value is -1.18. The minimum absolute atomic E-state index is 0.0465. The van der Waals surface area contributed by atoms with E-state index >= 15 is 0 Å². The van der Waals surface area contributed by atoms with Gasteiger partial charge in [0.2, 0.25) is 10.0 Å². The monoisotopic (exact) mass is 342 g/mol. The third kappa shape index (κ3) is 3.77. The Labute approximate surface area is 135 Å². The van der Waals surface area contributed by atoms with Crippen LogP contribution in [-0.2, 0) is 21.9 Å². The van der Waals surface area contributed by atoms with E-state index in [4.69, 9.17) is 4.52 Å². The largest absolute Gasteiger partial charge is 0.361 e. The van der Waals surface area contributed by atoms with Crippen LogP contribution in [-0.4, -0.2) is 20.1 Å². The second kappa shape index (κ2) is 6.14. The molecule has 0 radical (unpaired) electrons. The zero-order chi connectivity index (χ0) is 16.5. The highest BCUT2D eigenvalue weighted by molar-refractivity contribution is 7.91. The van der Waals surface area contributed by atoms with E-state index in [0.717, 1.165) is 21.9 Å². The van der Waals surface area contributed by atoms with Crippen molar-refractivity contribution in [2.75, 3.05) is 6.54 Å². The zero-order valence-electron chi connectivity index (χ0n) is 13.6. The number of hydrogen-bond acceptors (Lipinski definition) is 5. The third-order valence-corrected chi connectivity index (χ3v) is 6.90. The highest BCUT2D eigenvalue weighted by atomic mass is 32.2. The Morgan fingerprint density at radius 2 is 1.95 bits per heavy atom. The van der Waals surface area contributed by atoms with Crippen LogP contribution in [0.4, 0.5) is 0 Å². The number of aromatic nitrogens is 1. The number of hydrogen-bond donors (Lipinski definition) is 1. The first-order chi connectivity index (χ1) is 10.1. The van der Waals surface area contributed by atoms with E-state index in [0.29, 0.717) is 17.2 Å². The smallest absolute Gasteiger partial charge is 0.250 e. The molecule has 0 fully saturated rings. The number of rotatable bonds is 5. The van der Waals surface area contributed by atoms with Crippen LogP contribution in [0.25, 0.3) is 0 Å². The number of sulfonamides is 1. The van der Waals surface area contributed by atoms with E-state index < -0.39 is 10.0 Å². The lowest BCUT2D eigenvalue weighted by atomic mass is 9.95. The van der Waals surface area contributed by atoms with Crippen LogP contribution in [0.5, 0.6) is 0 Å². The minimum Gasteiger partial charge on any atom is -0.361 e. The molecule has 2 rings (SSSR count). The van der Waals surface area contributed by atoms with Crippen molar-refractivity contribution in [2.45, 2.75) is 50.7 Å². The molecule has 0 aromatic carbocycles. The lowest BCUT2D eigenvalue weighted by molar-refractivity contribution is 0.392. The number of nitrogens with one attached hydrogen (secondary N) is 1. The predicted molar refractivity (Wildman–Crippen MR) is 87.9 cm³/mol. The molecule has 1 N–H and O–H groups in total. The van der Waals surface area contributed by atoms with E-state index in [1.165, 1.54) is 11.3 Å². The molecule has 0 saturated heterocycles. The van der Waals surface area contributed by atoms with Crippen LogP contribution < -0.4 is 4.72 Å². The van der Waals surface area contributed by atoms with Crippen molar-refractivity contribution in [1.82, 2.24) is 9.88 Å². The maximum absolute atomic E-state index is 12.3. The molecule has 0 aliphatic rings. The van der Waals surface area contributed by atoms with Crippen molar-refractivity contribution in [3.05, 3.63) is 34.0 Å². The Morgan fingerprint density at radius 3 is 2.45 bits per heavy atom. The molecule has 122 valence electrons. The van der Waals surface area contributed by atoms with Crippen LogP contribution in [0.15, 0.2) is 20.9 Å². The fourth-order valence-corrected chi connectivity index (χ4v) is 4.55. The van der Waals surface area contributed by atoms with Gasteiger partial charge in [-0.3, -0.25) is 0 Å². The Bertz CT molecular complexity index is 733. The first-order valence-corrected chi connectivity index (χ1v) is 9.43. The maximum atomic E-state index is 12.3. The normalized spacial score (nSPS) is 12.8. The Kier molecular flexibility index (Phi) is 4.79. The molecule has 0 amide bonds. The lowest BCUT2D eigenvalue weighted by Gasteiger charge is -2.15. The van der Waals surface area contributed by atoms with Crippen molar-refractivity contribution >= 4 is 21.4 Å². The predicted octanol–water partition coefficient (Wildman–Crippen LogP) is 3.17. The molecule has 2 aromatic heterocycles. The van der Waals surface area contributed by atoms with Gasteiger partial charge in [-0.15, -0.1) is 11.3 Å². The summed E-state index contributed by atoms with van der Waals surface area (Å²) < 4.78 is 32.7. The van der Waals surface area contributed by atoms with Gasteiger partial charge < -0.3 is 4.52 Å². The van der Waals surface area contributed by atoms with Crippen molar-refractivity contribution in [2.24, 2.45) is 0 Å². The van der Waals surface area contributed by atoms with Crippen LogP contribution in [0, 0.1) is 13.8 Å². The number of thiophene rings is 1. The lowest BCUT2D eigenvalue weighted by Crippen LogP contribution is -2.25. The molecule has 0 aliphatic heterocycles. The SMILES string of the molecule is Cc1noc(C)c1CCNS(=O)(=O)c1ccc(C(C)(C)C)s1. The van der Waals surface area contributed by atoms with Crippen molar-refractivity contribution in [3.63, 3.8) is 0 Å². The van der Waals surface area contributed by atoms with Crippen molar-refractivity contribution in [3.8, 4) is 0 Å². The van der Waals surface area contributed by atoms with Gasteiger partial charge in [0, 0.05) is 17.0 Å². The van der Waals surface area contributed by atoms with Gasteiger partial charge >= 0.3 is 0 Å².